The zero-order valence-corrected chi connectivity index (χ0v) is 26.8. The standard InChI is InChI=1S/C31H44ClN7OS/c1-7-39(8-2)22-11-9-21(10-12-22)24-16-28(40-23-13-14-23)26(15-20(24)5)35-31-33-17-25(32)29(36-31)34-27-18-38(6)37-30(27)41-19(3)4/h15-19,21-23H,7-14H2,1-6H3,(H2,33,34,35,36). The molecule has 0 unspecified atom stereocenters. The number of hydrogen-bond acceptors (Lipinski definition) is 8. The van der Waals surface area contributed by atoms with Crippen LogP contribution in [0.25, 0.3) is 0 Å². The van der Waals surface area contributed by atoms with Crippen molar-refractivity contribution in [2.75, 3.05) is 23.7 Å². The van der Waals surface area contributed by atoms with Gasteiger partial charge in [-0.25, -0.2) is 4.98 Å². The van der Waals surface area contributed by atoms with Crippen LogP contribution in [0.1, 0.15) is 83.3 Å². The summed E-state index contributed by atoms with van der Waals surface area (Å²) >= 11 is 8.22. The Balaban J connectivity index is 1.36. The summed E-state index contributed by atoms with van der Waals surface area (Å²) in [6.45, 7) is 13.3. The molecule has 8 nitrogen and oxygen atoms in total. The summed E-state index contributed by atoms with van der Waals surface area (Å²) in [5.74, 6) is 2.45. The van der Waals surface area contributed by atoms with Crippen LogP contribution in [-0.4, -0.2) is 55.1 Å². The average Bonchev–Trinajstić information content (AvgIpc) is 3.69. The molecular weight excluding hydrogens is 554 g/mol. The average molecular weight is 598 g/mol. The van der Waals surface area contributed by atoms with Crippen LogP contribution in [0.3, 0.4) is 0 Å². The molecule has 1 aromatic carbocycles. The first-order chi connectivity index (χ1) is 19.7. The lowest BCUT2D eigenvalue weighted by atomic mass is 9.79. The van der Waals surface area contributed by atoms with E-state index in [9.17, 15) is 0 Å². The quantitative estimate of drug-likeness (QED) is 0.203. The first-order valence-corrected chi connectivity index (χ1v) is 16.3. The molecule has 2 saturated carbocycles. The molecule has 0 bridgehead atoms. The Hall–Kier alpha value is -2.49. The number of benzene rings is 1. The van der Waals surface area contributed by atoms with Gasteiger partial charge in [0.2, 0.25) is 5.95 Å². The summed E-state index contributed by atoms with van der Waals surface area (Å²) < 4.78 is 8.23. The van der Waals surface area contributed by atoms with E-state index in [2.05, 4.69) is 72.4 Å². The molecule has 2 N–H and O–H groups in total. The van der Waals surface area contributed by atoms with Crippen molar-refractivity contribution < 1.29 is 4.74 Å². The highest BCUT2D eigenvalue weighted by atomic mass is 35.5. The number of nitrogens with one attached hydrogen (secondary N) is 2. The number of anilines is 4. The second-order valence-corrected chi connectivity index (χ2v) is 13.5. The number of ether oxygens (including phenoxy) is 1. The van der Waals surface area contributed by atoms with E-state index in [4.69, 9.17) is 21.3 Å². The van der Waals surface area contributed by atoms with E-state index in [-0.39, 0.29) is 6.10 Å². The van der Waals surface area contributed by atoms with Gasteiger partial charge in [0, 0.05) is 24.5 Å². The Morgan fingerprint density at radius 3 is 2.46 bits per heavy atom. The van der Waals surface area contributed by atoms with Crippen LogP contribution in [0.5, 0.6) is 5.75 Å². The molecule has 3 aromatic rings. The molecule has 0 saturated heterocycles. The third-order valence-electron chi connectivity index (χ3n) is 8.04. The van der Waals surface area contributed by atoms with Crippen molar-refractivity contribution >= 4 is 46.5 Å². The van der Waals surface area contributed by atoms with Crippen molar-refractivity contribution in [2.24, 2.45) is 7.05 Å². The van der Waals surface area contributed by atoms with Gasteiger partial charge in [0.1, 0.15) is 15.8 Å². The number of rotatable bonds is 12. The minimum Gasteiger partial charge on any atom is -0.488 e. The van der Waals surface area contributed by atoms with E-state index >= 15 is 0 Å². The zero-order valence-electron chi connectivity index (χ0n) is 25.2. The Bertz CT molecular complexity index is 1330. The maximum atomic E-state index is 6.53. The van der Waals surface area contributed by atoms with Crippen LogP contribution >= 0.6 is 23.4 Å². The predicted octanol–water partition coefficient (Wildman–Crippen LogP) is 8.07. The summed E-state index contributed by atoms with van der Waals surface area (Å²) in [6.07, 6.45) is 11.0. The number of aryl methyl sites for hydroxylation is 2. The fourth-order valence-electron chi connectivity index (χ4n) is 5.82. The monoisotopic (exact) mass is 597 g/mol. The van der Waals surface area contributed by atoms with Gasteiger partial charge in [0.05, 0.1) is 23.7 Å². The highest BCUT2D eigenvalue weighted by molar-refractivity contribution is 8.00. The van der Waals surface area contributed by atoms with Gasteiger partial charge in [-0.3, -0.25) is 4.68 Å². The molecule has 2 aliphatic rings. The van der Waals surface area contributed by atoms with Crippen molar-refractivity contribution in [1.82, 2.24) is 24.6 Å². The summed E-state index contributed by atoms with van der Waals surface area (Å²) in [6, 6.07) is 5.19. The number of thioether (sulfide) groups is 1. The molecule has 2 fully saturated rings. The molecule has 0 radical (unpaired) electrons. The lowest BCUT2D eigenvalue weighted by Crippen LogP contribution is -2.37. The third kappa shape index (κ3) is 7.48. The van der Waals surface area contributed by atoms with Crippen molar-refractivity contribution in [2.45, 2.75) is 101 Å². The van der Waals surface area contributed by atoms with Gasteiger partial charge >= 0.3 is 0 Å². The maximum Gasteiger partial charge on any atom is 0.229 e. The largest absolute Gasteiger partial charge is 0.488 e. The van der Waals surface area contributed by atoms with Crippen LogP contribution in [-0.2, 0) is 7.05 Å². The maximum absolute atomic E-state index is 6.53. The van der Waals surface area contributed by atoms with E-state index in [0.29, 0.717) is 34.0 Å². The molecule has 0 atom stereocenters. The Kier molecular flexibility index (Phi) is 9.66. The SMILES string of the molecule is CCN(CC)C1CCC(c2cc(OC3CC3)c(Nc3ncc(Cl)c(Nc4cn(C)nc4SC(C)C)n3)cc2C)CC1. The minimum absolute atomic E-state index is 0.287. The lowest BCUT2D eigenvalue weighted by molar-refractivity contribution is 0.163. The normalized spacial score (nSPS) is 19.1. The topological polar surface area (TPSA) is 80.1 Å². The molecule has 41 heavy (non-hydrogen) atoms. The number of aromatic nitrogens is 4. The van der Waals surface area contributed by atoms with Crippen LogP contribution in [0, 0.1) is 6.92 Å². The number of hydrogen-bond donors (Lipinski definition) is 2. The van der Waals surface area contributed by atoms with Gasteiger partial charge in [-0.15, -0.1) is 0 Å². The van der Waals surface area contributed by atoms with E-state index < -0.39 is 0 Å². The van der Waals surface area contributed by atoms with E-state index in [1.807, 2.05) is 13.2 Å². The van der Waals surface area contributed by atoms with Crippen molar-refractivity contribution in [3.05, 3.63) is 40.7 Å². The molecule has 10 heteroatoms. The first kappa shape index (κ1) is 30.0. The fourth-order valence-corrected chi connectivity index (χ4v) is 6.81. The number of halogens is 1. The lowest BCUT2D eigenvalue weighted by Gasteiger charge is -2.36. The van der Waals surface area contributed by atoms with Gasteiger partial charge in [-0.05, 0) is 87.7 Å². The summed E-state index contributed by atoms with van der Waals surface area (Å²) in [5.41, 5.74) is 4.45. The highest BCUT2D eigenvalue weighted by Crippen LogP contribution is 2.42. The Morgan fingerprint density at radius 1 is 1.07 bits per heavy atom. The first-order valence-electron chi connectivity index (χ1n) is 15.1. The molecule has 0 spiro atoms. The van der Waals surface area contributed by atoms with Gasteiger partial charge in [-0.1, -0.05) is 51.1 Å². The van der Waals surface area contributed by atoms with Crippen molar-refractivity contribution in [3.8, 4) is 5.75 Å². The zero-order chi connectivity index (χ0) is 29.1. The van der Waals surface area contributed by atoms with Crippen LogP contribution in [0.4, 0.5) is 23.1 Å². The molecule has 0 amide bonds. The minimum atomic E-state index is 0.287. The van der Waals surface area contributed by atoms with Gasteiger partial charge < -0.3 is 20.3 Å². The van der Waals surface area contributed by atoms with Gasteiger partial charge in [0.25, 0.3) is 0 Å². The second kappa shape index (κ2) is 13.2. The molecule has 0 aliphatic heterocycles. The van der Waals surface area contributed by atoms with Crippen LogP contribution in [0.2, 0.25) is 5.02 Å². The summed E-state index contributed by atoms with van der Waals surface area (Å²) in [7, 11) is 1.91. The van der Waals surface area contributed by atoms with Crippen molar-refractivity contribution in [3.63, 3.8) is 0 Å². The van der Waals surface area contributed by atoms with Crippen LogP contribution in [0.15, 0.2) is 29.6 Å². The van der Waals surface area contributed by atoms with E-state index in [0.717, 1.165) is 48.1 Å². The van der Waals surface area contributed by atoms with Gasteiger partial charge in [-0.2, -0.15) is 10.1 Å². The summed E-state index contributed by atoms with van der Waals surface area (Å²) in [5, 5.41) is 13.1. The summed E-state index contributed by atoms with van der Waals surface area (Å²) in [4.78, 5) is 11.8. The van der Waals surface area contributed by atoms with Crippen LogP contribution < -0.4 is 15.4 Å². The van der Waals surface area contributed by atoms with E-state index in [1.165, 1.54) is 36.8 Å². The Labute approximate surface area is 254 Å². The molecule has 222 valence electrons. The molecule has 2 aromatic heterocycles. The second-order valence-electron chi connectivity index (χ2n) is 11.6. The molecule has 2 aliphatic carbocycles. The third-order valence-corrected chi connectivity index (χ3v) is 9.31. The molecule has 2 heterocycles. The predicted molar refractivity (Wildman–Crippen MR) is 171 cm³/mol. The van der Waals surface area contributed by atoms with Crippen molar-refractivity contribution in [1.29, 1.82) is 0 Å². The Morgan fingerprint density at radius 2 is 1.80 bits per heavy atom. The van der Waals surface area contributed by atoms with E-state index in [1.54, 1.807) is 22.6 Å². The highest BCUT2D eigenvalue weighted by Gasteiger charge is 2.29. The smallest absolute Gasteiger partial charge is 0.229 e. The molecule has 5 rings (SSSR count). The number of nitrogens with zero attached hydrogens (tertiary/aromatic N) is 5. The fraction of sp³-hybridized carbons (Fsp3) is 0.581. The van der Waals surface area contributed by atoms with Gasteiger partial charge in [0.15, 0.2) is 5.82 Å². The molecular formula is C31H44ClN7OS.